The highest BCUT2D eigenvalue weighted by molar-refractivity contribution is 5.92. The van der Waals surface area contributed by atoms with Crippen LogP contribution in [-0.2, 0) is 4.79 Å². The van der Waals surface area contributed by atoms with Crippen LogP contribution in [0.4, 0.5) is 0 Å². The van der Waals surface area contributed by atoms with E-state index < -0.39 is 5.91 Å². The molecule has 0 fully saturated rings. The quantitative estimate of drug-likeness (QED) is 0.502. The number of allylic oxidation sites excluding steroid dienone is 1. The number of nitrogens with two attached hydrogens (primary N) is 1. The minimum absolute atomic E-state index is 0.407. The van der Waals surface area contributed by atoms with Gasteiger partial charge >= 0.3 is 0 Å². The number of carbonyl (C=O) groups is 1. The maximum absolute atomic E-state index is 11.2. The molecule has 0 bridgehead atoms. The number of rotatable bonds is 8. The summed E-state index contributed by atoms with van der Waals surface area (Å²) in [5, 5.41) is 0. The molecular weight excluding hydrogens is 200 g/mol. The highest BCUT2D eigenvalue weighted by Gasteiger charge is 2.12. The Bertz CT molecular complexity index is 306. The number of hydrogen-bond acceptors (Lipinski definition) is 2. The van der Waals surface area contributed by atoms with E-state index in [0.717, 1.165) is 5.70 Å². The molecule has 0 aromatic rings. The van der Waals surface area contributed by atoms with Crippen LogP contribution in [0, 0.1) is 0 Å². The molecule has 0 heterocycles. The van der Waals surface area contributed by atoms with Crippen molar-refractivity contribution < 1.29 is 4.79 Å². The molecule has 0 unspecified atom stereocenters. The van der Waals surface area contributed by atoms with E-state index in [4.69, 9.17) is 5.73 Å². The summed E-state index contributed by atoms with van der Waals surface area (Å²) < 4.78 is 0. The van der Waals surface area contributed by atoms with Gasteiger partial charge in [0, 0.05) is 30.8 Å². The fraction of sp³-hybridized carbons (Fsp3) is 0.308. The van der Waals surface area contributed by atoms with Crippen molar-refractivity contribution in [2.75, 3.05) is 13.1 Å². The lowest BCUT2D eigenvalue weighted by molar-refractivity contribution is -0.114. The molecule has 0 saturated heterocycles. The monoisotopic (exact) mass is 220 g/mol. The summed E-state index contributed by atoms with van der Waals surface area (Å²) in [6.07, 6.45) is 5.92. The first kappa shape index (κ1) is 14.2. The molecule has 0 aliphatic carbocycles. The second kappa shape index (κ2) is 7.51. The first-order valence-electron chi connectivity index (χ1n) is 5.15. The Kier molecular flexibility index (Phi) is 6.68. The summed E-state index contributed by atoms with van der Waals surface area (Å²) in [6, 6.07) is 0. The molecule has 16 heavy (non-hydrogen) atoms. The Balaban J connectivity index is 5.18. The van der Waals surface area contributed by atoms with Gasteiger partial charge in [-0.1, -0.05) is 18.2 Å². The van der Waals surface area contributed by atoms with Crippen molar-refractivity contribution in [1.82, 2.24) is 4.90 Å². The van der Waals surface area contributed by atoms with Crippen molar-refractivity contribution in [3.63, 3.8) is 0 Å². The van der Waals surface area contributed by atoms with Crippen LogP contribution in [0.25, 0.3) is 0 Å². The fourth-order valence-corrected chi connectivity index (χ4v) is 1.40. The first-order valence-corrected chi connectivity index (χ1v) is 5.15. The average Bonchev–Trinajstić information content (AvgIpc) is 2.24. The van der Waals surface area contributed by atoms with Crippen molar-refractivity contribution in [1.29, 1.82) is 0 Å². The summed E-state index contributed by atoms with van der Waals surface area (Å²) in [6.45, 7) is 14.1. The van der Waals surface area contributed by atoms with E-state index in [2.05, 4.69) is 19.7 Å². The molecule has 1 amide bonds. The van der Waals surface area contributed by atoms with Gasteiger partial charge in [-0.2, -0.15) is 0 Å². The lowest BCUT2D eigenvalue weighted by Gasteiger charge is -2.25. The van der Waals surface area contributed by atoms with Crippen LogP contribution in [0.3, 0.4) is 0 Å². The van der Waals surface area contributed by atoms with Gasteiger partial charge in [-0.25, -0.2) is 0 Å². The van der Waals surface area contributed by atoms with Crippen LogP contribution in [0.5, 0.6) is 0 Å². The van der Waals surface area contributed by atoms with E-state index in [9.17, 15) is 4.79 Å². The third-order valence-electron chi connectivity index (χ3n) is 2.22. The maximum atomic E-state index is 11.2. The van der Waals surface area contributed by atoms with Gasteiger partial charge in [0.2, 0.25) is 5.91 Å². The molecule has 3 heteroatoms. The van der Waals surface area contributed by atoms with Crippen LogP contribution in [0.2, 0.25) is 0 Å². The predicted molar refractivity (Wildman–Crippen MR) is 68.7 cm³/mol. The molecule has 0 spiro atoms. The highest BCUT2D eigenvalue weighted by atomic mass is 16.1. The largest absolute Gasteiger partial charge is 0.367 e. The first-order chi connectivity index (χ1) is 7.58. The zero-order valence-corrected chi connectivity index (χ0v) is 9.91. The Morgan fingerprint density at radius 3 is 2.00 bits per heavy atom. The molecule has 88 valence electrons. The second-order valence-electron chi connectivity index (χ2n) is 3.41. The van der Waals surface area contributed by atoms with Crippen molar-refractivity contribution in [3.8, 4) is 0 Å². The number of nitrogens with zero attached hydrogens (tertiary/aromatic N) is 1. The highest BCUT2D eigenvalue weighted by Crippen LogP contribution is 2.15. The van der Waals surface area contributed by atoms with Gasteiger partial charge in [-0.05, 0) is 6.92 Å². The number of carbonyl (C=O) groups excluding carboxylic acids is 1. The minimum Gasteiger partial charge on any atom is -0.367 e. The lowest BCUT2D eigenvalue weighted by atomic mass is 10.1. The van der Waals surface area contributed by atoms with Crippen molar-refractivity contribution >= 4 is 5.91 Å². The van der Waals surface area contributed by atoms with Crippen LogP contribution < -0.4 is 5.73 Å². The van der Waals surface area contributed by atoms with E-state index in [1.807, 2.05) is 4.90 Å². The predicted octanol–water partition coefficient (Wildman–Crippen LogP) is 2.00. The summed E-state index contributed by atoms with van der Waals surface area (Å²) in [7, 11) is 0. The summed E-state index contributed by atoms with van der Waals surface area (Å²) in [5.74, 6) is -0.407. The Hall–Kier alpha value is -1.77. The molecule has 0 radical (unpaired) electrons. The number of hydrogen-bond donors (Lipinski definition) is 1. The van der Waals surface area contributed by atoms with Crippen molar-refractivity contribution in [3.05, 3.63) is 49.2 Å². The van der Waals surface area contributed by atoms with Gasteiger partial charge in [0.25, 0.3) is 0 Å². The van der Waals surface area contributed by atoms with E-state index in [1.54, 1.807) is 25.2 Å². The molecule has 0 atom stereocenters. The van der Waals surface area contributed by atoms with Gasteiger partial charge in [-0.3, -0.25) is 4.79 Å². The molecule has 2 N–H and O–H groups in total. The van der Waals surface area contributed by atoms with Crippen molar-refractivity contribution in [2.24, 2.45) is 5.73 Å². The van der Waals surface area contributed by atoms with Gasteiger partial charge in [0.1, 0.15) is 0 Å². The molecule has 0 aromatic carbocycles. The van der Waals surface area contributed by atoms with Crippen LogP contribution in [-0.4, -0.2) is 23.9 Å². The molecule has 0 saturated carbocycles. The topological polar surface area (TPSA) is 46.3 Å². The molecule has 0 rings (SSSR count). The summed E-state index contributed by atoms with van der Waals surface area (Å²) in [4.78, 5) is 13.2. The van der Waals surface area contributed by atoms with Crippen LogP contribution in [0.15, 0.2) is 49.2 Å². The summed E-state index contributed by atoms with van der Waals surface area (Å²) >= 11 is 0. The number of primary amides is 1. The Morgan fingerprint density at radius 2 is 1.69 bits per heavy atom. The van der Waals surface area contributed by atoms with E-state index in [1.165, 1.54) is 0 Å². The van der Waals surface area contributed by atoms with Crippen molar-refractivity contribution in [2.45, 2.75) is 13.3 Å². The van der Waals surface area contributed by atoms with Gasteiger partial charge in [-0.15, -0.1) is 19.7 Å². The van der Waals surface area contributed by atoms with E-state index in [0.29, 0.717) is 25.1 Å². The number of amides is 1. The second-order valence-corrected chi connectivity index (χ2v) is 3.41. The summed E-state index contributed by atoms with van der Waals surface area (Å²) in [5.41, 5.74) is 6.72. The zero-order chi connectivity index (χ0) is 12.6. The normalized spacial score (nSPS) is 11.3. The average molecular weight is 220 g/mol. The minimum atomic E-state index is -0.407. The van der Waals surface area contributed by atoms with E-state index in [-0.39, 0.29) is 0 Å². The Labute approximate surface area is 97.6 Å². The zero-order valence-electron chi connectivity index (χ0n) is 9.91. The lowest BCUT2D eigenvalue weighted by Crippen LogP contribution is -2.27. The standard InChI is InChI=1S/C13H20N2O/c1-5-8-12(11(4)13(14)16)15(9-6-2)10-7-3/h5-7H,1-3,8-10H2,4H3,(H2,14,16). The maximum Gasteiger partial charge on any atom is 0.246 e. The van der Waals surface area contributed by atoms with Gasteiger partial charge in [0.15, 0.2) is 0 Å². The fourth-order valence-electron chi connectivity index (χ4n) is 1.40. The SMILES string of the molecule is C=CCC(=C(C)C(N)=O)N(CC=C)CC=C. The molecule has 0 aliphatic rings. The molecule has 0 aromatic heterocycles. The molecule has 0 aliphatic heterocycles. The van der Waals surface area contributed by atoms with Crippen LogP contribution in [0.1, 0.15) is 13.3 Å². The molecule has 3 nitrogen and oxygen atoms in total. The van der Waals surface area contributed by atoms with Crippen LogP contribution >= 0.6 is 0 Å². The smallest absolute Gasteiger partial charge is 0.246 e. The van der Waals surface area contributed by atoms with Gasteiger partial charge in [0.05, 0.1) is 0 Å². The Morgan fingerprint density at radius 1 is 1.19 bits per heavy atom. The van der Waals surface area contributed by atoms with Gasteiger partial charge < -0.3 is 10.6 Å². The van der Waals surface area contributed by atoms with E-state index >= 15 is 0 Å². The third-order valence-corrected chi connectivity index (χ3v) is 2.22. The molecular formula is C13H20N2O. The third kappa shape index (κ3) is 4.17.